The van der Waals surface area contributed by atoms with Crippen molar-refractivity contribution in [3.63, 3.8) is 0 Å². The van der Waals surface area contributed by atoms with Crippen LogP contribution < -0.4 is 5.32 Å². The first-order chi connectivity index (χ1) is 23.1. The zero-order valence-electron chi connectivity index (χ0n) is 27.7. The van der Waals surface area contributed by atoms with Gasteiger partial charge in [-0.05, 0) is 100 Å². The molecule has 0 radical (unpaired) electrons. The number of carbonyl (C=O) groups is 4. The van der Waals surface area contributed by atoms with Crippen LogP contribution in [0.2, 0.25) is 0 Å². The van der Waals surface area contributed by atoms with Gasteiger partial charge < -0.3 is 15.5 Å². The number of rotatable bonds is 9. The molecule has 0 aromatic heterocycles. The number of aromatic carboxylic acids is 2. The van der Waals surface area contributed by atoms with Crippen molar-refractivity contribution in [2.45, 2.75) is 90.5 Å². The summed E-state index contributed by atoms with van der Waals surface area (Å²) in [5, 5.41) is 28.8. The van der Waals surface area contributed by atoms with Crippen molar-refractivity contribution in [2.24, 2.45) is 17.8 Å². The third-order valence-electron chi connectivity index (χ3n) is 11.4. The first-order valence-electron chi connectivity index (χ1n) is 17.6. The second-order valence-electron chi connectivity index (χ2n) is 14.6. The van der Waals surface area contributed by atoms with Crippen molar-refractivity contribution in [2.75, 3.05) is 0 Å². The third kappa shape index (κ3) is 5.67. The summed E-state index contributed by atoms with van der Waals surface area (Å²) in [6.07, 6.45) is 10.9. The van der Waals surface area contributed by atoms with E-state index in [2.05, 4.69) is 19.2 Å². The van der Waals surface area contributed by atoms with Crippen molar-refractivity contribution in [3.05, 3.63) is 70.8 Å². The number of carboxylic acid groups (broad SMARTS) is 2. The summed E-state index contributed by atoms with van der Waals surface area (Å²) in [6.45, 7) is 4.52. The van der Waals surface area contributed by atoms with E-state index >= 15 is 0 Å². The highest BCUT2D eigenvalue weighted by Gasteiger charge is 2.27. The Balaban J connectivity index is 1.36. The maximum Gasteiger partial charge on any atom is 0.336 e. The summed E-state index contributed by atoms with van der Waals surface area (Å²) in [4.78, 5) is 52.8. The predicted octanol–water partition coefficient (Wildman–Crippen LogP) is 9.62. The minimum Gasteiger partial charge on any atom is -0.478 e. The molecule has 7 rings (SSSR count). The zero-order chi connectivity index (χ0) is 33.7. The van der Waals surface area contributed by atoms with Crippen molar-refractivity contribution in [3.8, 4) is 0 Å². The molecule has 0 saturated heterocycles. The molecule has 5 aromatic rings. The van der Waals surface area contributed by atoms with Crippen LogP contribution in [0.25, 0.3) is 43.1 Å². The molecule has 7 heteroatoms. The van der Waals surface area contributed by atoms with Crippen molar-refractivity contribution in [1.82, 2.24) is 5.32 Å². The normalized spacial score (nSPS) is 21.6. The number of ketones is 1. The molecule has 0 bridgehead atoms. The third-order valence-corrected chi connectivity index (χ3v) is 11.4. The quantitative estimate of drug-likeness (QED) is 0.0834. The van der Waals surface area contributed by atoms with Crippen molar-refractivity contribution >= 4 is 66.7 Å². The molecular formula is C41H43NO6. The largest absolute Gasteiger partial charge is 0.478 e. The van der Waals surface area contributed by atoms with Gasteiger partial charge in [-0.25, -0.2) is 9.59 Å². The highest BCUT2D eigenvalue weighted by molar-refractivity contribution is 6.38. The van der Waals surface area contributed by atoms with Gasteiger partial charge in [0.25, 0.3) is 5.91 Å². The molecule has 2 aliphatic carbocycles. The number of Topliss-reactive ketones (excluding diaryl/α,β-unsaturated/α-hetero) is 1. The smallest absolute Gasteiger partial charge is 0.336 e. The standard InChI is InChI=1S/C41H43NO6/c1-22-6-10-24(11-7-22)4-3-5-34(43)30-18-14-26-29-17-21-33(41(47)48)38-31(39(44)42-25-12-8-23(2)9-13-25)19-15-27(36(29)38)28-16-20-32(40(45)46)37(30)35(26)28/h14-25H,3-13H2,1-2H3,(H,42,44)(H,45,46)(H,47,48). The number of hydrogen-bond acceptors (Lipinski definition) is 4. The number of fused-ring (bicyclic) bond motifs is 2. The van der Waals surface area contributed by atoms with E-state index in [4.69, 9.17) is 0 Å². The Labute approximate surface area is 280 Å². The van der Waals surface area contributed by atoms with Crippen LogP contribution in [-0.2, 0) is 0 Å². The molecule has 7 nitrogen and oxygen atoms in total. The lowest BCUT2D eigenvalue weighted by Gasteiger charge is -2.27. The highest BCUT2D eigenvalue weighted by Crippen LogP contribution is 2.44. The number of carboxylic acids is 2. The van der Waals surface area contributed by atoms with Crippen LogP contribution >= 0.6 is 0 Å². The van der Waals surface area contributed by atoms with Crippen LogP contribution in [0, 0.1) is 17.8 Å². The number of hydrogen-bond donors (Lipinski definition) is 3. The Morgan fingerprint density at radius 1 is 0.583 bits per heavy atom. The number of benzene rings is 5. The van der Waals surface area contributed by atoms with E-state index < -0.39 is 11.9 Å². The number of carbonyl (C=O) groups excluding carboxylic acids is 2. The van der Waals surface area contributed by atoms with Gasteiger partial charge in [0.15, 0.2) is 5.78 Å². The van der Waals surface area contributed by atoms with Crippen LogP contribution in [-0.4, -0.2) is 39.9 Å². The maximum absolute atomic E-state index is 13.8. The molecule has 1 amide bonds. The van der Waals surface area contributed by atoms with Gasteiger partial charge >= 0.3 is 11.9 Å². The van der Waals surface area contributed by atoms with Gasteiger partial charge in [-0.1, -0.05) is 76.3 Å². The summed E-state index contributed by atoms with van der Waals surface area (Å²) in [7, 11) is 0. The Morgan fingerprint density at radius 3 is 1.52 bits per heavy atom. The Kier molecular flexibility index (Phi) is 8.57. The fourth-order valence-corrected chi connectivity index (χ4v) is 8.64. The average Bonchev–Trinajstić information content (AvgIpc) is 3.08. The average molecular weight is 646 g/mol. The molecule has 2 fully saturated rings. The van der Waals surface area contributed by atoms with Crippen LogP contribution in [0.4, 0.5) is 0 Å². The van der Waals surface area contributed by atoms with Crippen molar-refractivity contribution in [1.29, 1.82) is 0 Å². The van der Waals surface area contributed by atoms with Gasteiger partial charge in [0.2, 0.25) is 0 Å². The van der Waals surface area contributed by atoms with Gasteiger partial charge in [0, 0.05) is 34.4 Å². The second kappa shape index (κ2) is 12.8. The van der Waals surface area contributed by atoms with Gasteiger partial charge in [-0.2, -0.15) is 0 Å². The number of amides is 1. The van der Waals surface area contributed by atoms with E-state index in [1.54, 1.807) is 30.3 Å². The van der Waals surface area contributed by atoms with Crippen LogP contribution in [0.15, 0.2) is 48.5 Å². The van der Waals surface area contributed by atoms with E-state index in [9.17, 15) is 29.4 Å². The second-order valence-corrected chi connectivity index (χ2v) is 14.6. The van der Waals surface area contributed by atoms with Crippen LogP contribution in [0.5, 0.6) is 0 Å². The van der Waals surface area contributed by atoms with Gasteiger partial charge in [-0.15, -0.1) is 0 Å². The molecule has 248 valence electrons. The molecule has 0 aliphatic heterocycles. The molecule has 3 N–H and O–H groups in total. The molecule has 0 heterocycles. The molecule has 5 aromatic carbocycles. The summed E-state index contributed by atoms with van der Waals surface area (Å²) in [6, 6.07) is 13.8. The van der Waals surface area contributed by atoms with Crippen molar-refractivity contribution < 1.29 is 29.4 Å². The first kappa shape index (κ1) is 32.0. The van der Waals surface area contributed by atoms with Crippen LogP contribution in [0.1, 0.15) is 126 Å². The highest BCUT2D eigenvalue weighted by atomic mass is 16.4. The van der Waals surface area contributed by atoms with E-state index in [0.717, 1.165) is 66.0 Å². The number of nitrogens with one attached hydrogen (secondary N) is 1. The van der Waals surface area contributed by atoms with Crippen LogP contribution in [0.3, 0.4) is 0 Å². The van der Waals surface area contributed by atoms with E-state index in [1.165, 1.54) is 31.7 Å². The lowest BCUT2D eigenvalue weighted by molar-refractivity contribution is 0.0688. The van der Waals surface area contributed by atoms with Gasteiger partial charge in [0.05, 0.1) is 11.1 Å². The fourth-order valence-electron chi connectivity index (χ4n) is 8.64. The molecular weight excluding hydrogens is 602 g/mol. The Morgan fingerprint density at radius 2 is 1.02 bits per heavy atom. The lowest BCUT2D eigenvalue weighted by atomic mass is 9.80. The SMILES string of the molecule is CC1CCC(CCCC(=O)c2ccc3c4ccc(C(=O)O)c5c(C(=O)NC6CCC(C)CC6)ccc(c6ccc(C(=O)O)c2c36)c54)CC1. The van der Waals surface area contributed by atoms with Gasteiger partial charge in [0.1, 0.15) is 0 Å². The first-order valence-corrected chi connectivity index (χ1v) is 17.6. The van der Waals surface area contributed by atoms with Gasteiger partial charge in [-0.3, -0.25) is 9.59 Å². The monoisotopic (exact) mass is 645 g/mol. The molecule has 0 spiro atoms. The maximum atomic E-state index is 13.8. The summed E-state index contributed by atoms with van der Waals surface area (Å²) >= 11 is 0. The van der Waals surface area contributed by atoms with E-state index in [-0.39, 0.29) is 28.9 Å². The molecule has 2 saturated carbocycles. The zero-order valence-corrected chi connectivity index (χ0v) is 27.7. The molecule has 48 heavy (non-hydrogen) atoms. The topological polar surface area (TPSA) is 121 Å². The molecule has 2 aliphatic rings. The minimum atomic E-state index is -1.12. The Hall–Kier alpha value is -4.52. The lowest BCUT2D eigenvalue weighted by Crippen LogP contribution is -2.37. The molecule has 0 atom stereocenters. The predicted molar refractivity (Wildman–Crippen MR) is 190 cm³/mol. The summed E-state index contributed by atoms with van der Waals surface area (Å²) < 4.78 is 0. The summed E-state index contributed by atoms with van der Waals surface area (Å²) in [5.74, 6) is -0.538. The summed E-state index contributed by atoms with van der Waals surface area (Å²) in [5.41, 5.74) is 0.830. The molecule has 0 unspecified atom stereocenters. The Bertz CT molecular complexity index is 2060. The van der Waals surface area contributed by atoms with E-state index in [0.29, 0.717) is 50.9 Å². The minimum absolute atomic E-state index is 0.0408. The fraction of sp³-hybridized carbons (Fsp3) is 0.415. The van der Waals surface area contributed by atoms with E-state index in [1.807, 2.05) is 12.1 Å².